The van der Waals surface area contributed by atoms with Crippen LogP contribution >= 0.6 is 0 Å². The molecule has 0 saturated heterocycles. The number of amides is 1. The van der Waals surface area contributed by atoms with Crippen LogP contribution in [0.25, 0.3) is 5.82 Å². The van der Waals surface area contributed by atoms with Gasteiger partial charge in [-0.25, -0.2) is 23.7 Å². The summed E-state index contributed by atoms with van der Waals surface area (Å²) in [5, 5.41) is 2.54. The van der Waals surface area contributed by atoms with Crippen LogP contribution in [0, 0.1) is 11.6 Å². The molecule has 4 aromatic rings. The highest BCUT2D eigenvalue weighted by Gasteiger charge is 2.13. The molecule has 9 heteroatoms. The largest absolute Gasteiger partial charge is 0.439 e. The molecular weight excluding hydrogens is 380 g/mol. The fourth-order valence-electron chi connectivity index (χ4n) is 2.52. The SMILES string of the molecule is O=C(Nc1ccc(Oc2cc(-n3ccnc3)ncn2)cc1)c1ccc(F)cc1F. The normalized spacial score (nSPS) is 10.6. The van der Waals surface area contributed by atoms with Crippen molar-refractivity contribution in [3.63, 3.8) is 0 Å². The molecular formula is C20H13F2N5O2. The number of rotatable bonds is 5. The van der Waals surface area contributed by atoms with E-state index in [1.807, 2.05) is 0 Å². The number of hydrogen-bond acceptors (Lipinski definition) is 5. The van der Waals surface area contributed by atoms with Crippen molar-refractivity contribution in [2.45, 2.75) is 0 Å². The Morgan fingerprint density at radius 1 is 1.03 bits per heavy atom. The maximum absolute atomic E-state index is 13.7. The van der Waals surface area contributed by atoms with Crippen LogP contribution in [0.1, 0.15) is 10.4 Å². The Morgan fingerprint density at radius 2 is 1.86 bits per heavy atom. The Morgan fingerprint density at radius 3 is 2.59 bits per heavy atom. The van der Waals surface area contributed by atoms with Crippen molar-refractivity contribution in [2.75, 3.05) is 5.32 Å². The van der Waals surface area contributed by atoms with Gasteiger partial charge in [0.15, 0.2) is 0 Å². The second kappa shape index (κ2) is 7.85. The molecule has 0 radical (unpaired) electrons. The molecule has 2 heterocycles. The highest BCUT2D eigenvalue weighted by Crippen LogP contribution is 2.23. The summed E-state index contributed by atoms with van der Waals surface area (Å²) in [7, 11) is 0. The standard InChI is InChI=1S/C20H13F2N5O2/c21-13-1-6-16(17(22)9-13)20(28)26-14-2-4-15(5-3-14)29-19-10-18(24-11-25-19)27-8-7-23-12-27/h1-12H,(H,26,28). The molecule has 0 aliphatic rings. The molecule has 0 unspecified atom stereocenters. The highest BCUT2D eigenvalue weighted by atomic mass is 19.1. The number of nitrogens with zero attached hydrogens (tertiary/aromatic N) is 4. The van der Waals surface area contributed by atoms with Gasteiger partial charge in [0.05, 0.1) is 5.56 Å². The van der Waals surface area contributed by atoms with Crippen molar-refractivity contribution in [1.82, 2.24) is 19.5 Å². The molecule has 0 aliphatic heterocycles. The molecule has 2 aromatic carbocycles. The highest BCUT2D eigenvalue weighted by molar-refractivity contribution is 6.04. The average Bonchev–Trinajstić information content (AvgIpc) is 3.24. The van der Waals surface area contributed by atoms with E-state index >= 15 is 0 Å². The Balaban J connectivity index is 1.44. The van der Waals surface area contributed by atoms with Gasteiger partial charge in [-0.05, 0) is 36.4 Å². The summed E-state index contributed by atoms with van der Waals surface area (Å²) in [5.41, 5.74) is 0.174. The van der Waals surface area contributed by atoms with Crippen LogP contribution in [0.5, 0.6) is 11.6 Å². The van der Waals surface area contributed by atoms with Crippen LogP contribution in [-0.4, -0.2) is 25.4 Å². The van der Waals surface area contributed by atoms with Gasteiger partial charge in [0, 0.05) is 30.2 Å². The van der Waals surface area contributed by atoms with Gasteiger partial charge in [0.2, 0.25) is 5.88 Å². The molecule has 0 saturated carbocycles. The van der Waals surface area contributed by atoms with Crippen LogP contribution < -0.4 is 10.1 Å². The van der Waals surface area contributed by atoms with E-state index in [9.17, 15) is 13.6 Å². The first-order chi connectivity index (χ1) is 14.1. The predicted octanol–water partition coefficient (Wildman–Crippen LogP) is 3.99. The van der Waals surface area contributed by atoms with E-state index < -0.39 is 17.5 Å². The van der Waals surface area contributed by atoms with Crippen molar-refractivity contribution in [2.24, 2.45) is 0 Å². The van der Waals surface area contributed by atoms with E-state index in [1.54, 1.807) is 53.6 Å². The minimum absolute atomic E-state index is 0.250. The molecule has 7 nitrogen and oxygen atoms in total. The van der Waals surface area contributed by atoms with Gasteiger partial charge in [-0.3, -0.25) is 9.36 Å². The second-order valence-electron chi connectivity index (χ2n) is 5.89. The maximum Gasteiger partial charge on any atom is 0.258 e. The van der Waals surface area contributed by atoms with Gasteiger partial charge >= 0.3 is 0 Å². The third-order valence-corrected chi connectivity index (χ3v) is 3.91. The Hall–Kier alpha value is -4.14. The van der Waals surface area contributed by atoms with Gasteiger partial charge in [0.1, 0.15) is 35.9 Å². The van der Waals surface area contributed by atoms with Crippen molar-refractivity contribution in [3.05, 3.63) is 90.8 Å². The number of hydrogen-bond donors (Lipinski definition) is 1. The zero-order valence-electron chi connectivity index (χ0n) is 14.8. The minimum Gasteiger partial charge on any atom is -0.439 e. The minimum atomic E-state index is -0.931. The van der Waals surface area contributed by atoms with Crippen LogP contribution in [0.15, 0.2) is 73.6 Å². The summed E-state index contributed by atoms with van der Waals surface area (Å²) in [4.78, 5) is 24.3. The molecule has 4 rings (SSSR count). The Bertz CT molecular complexity index is 1150. The zero-order chi connectivity index (χ0) is 20.2. The molecule has 144 valence electrons. The lowest BCUT2D eigenvalue weighted by molar-refractivity contribution is 0.102. The van der Waals surface area contributed by atoms with Gasteiger partial charge < -0.3 is 10.1 Å². The third kappa shape index (κ3) is 4.24. The molecule has 1 N–H and O–H groups in total. The fourth-order valence-corrected chi connectivity index (χ4v) is 2.52. The molecule has 29 heavy (non-hydrogen) atoms. The van der Waals surface area contributed by atoms with Gasteiger partial charge in [-0.15, -0.1) is 0 Å². The quantitative estimate of drug-likeness (QED) is 0.555. The van der Waals surface area contributed by atoms with E-state index in [0.29, 0.717) is 29.2 Å². The zero-order valence-corrected chi connectivity index (χ0v) is 14.8. The summed E-state index contributed by atoms with van der Waals surface area (Å²) in [6, 6.07) is 10.8. The summed E-state index contributed by atoms with van der Waals surface area (Å²) in [6.45, 7) is 0. The van der Waals surface area contributed by atoms with Crippen molar-refractivity contribution >= 4 is 11.6 Å². The Labute approximate surface area is 163 Å². The lowest BCUT2D eigenvalue weighted by Crippen LogP contribution is -2.13. The summed E-state index contributed by atoms with van der Waals surface area (Å²) >= 11 is 0. The van der Waals surface area contributed by atoms with E-state index in [4.69, 9.17) is 4.74 Å². The molecule has 0 bridgehead atoms. The lowest BCUT2D eigenvalue weighted by Gasteiger charge is -2.09. The monoisotopic (exact) mass is 393 g/mol. The number of carbonyl (C=O) groups is 1. The number of nitrogens with one attached hydrogen (secondary N) is 1. The van der Waals surface area contributed by atoms with Crippen molar-refractivity contribution in [3.8, 4) is 17.4 Å². The first-order valence-electron chi connectivity index (χ1n) is 8.43. The van der Waals surface area contributed by atoms with Gasteiger partial charge in [-0.1, -0.05) is 0 Å². The number of ether oxygens (including phenoxy) is 1. The lowest BCUT2D eigenvalue weighted by atomic mass is 10.2. The van der Waals surface area contributed by atoms with Crippen LogP contribution in [0.4, 0.5) is 14.5 Å². The number of aromatic nitrogens is 4. The van der Waals surface area contributed by atoms with Crippen molar-refractivity contribution < 1.29 is 18.3 Å². The van der Waals surface area contributed by atoms with E-state index in [1.165, 1.54) is 6.33 Å². The van der Waals surface area contributed by atoms with E-state index in [-0.39, 0.29) is 5.56 Å². The summed E-state index contributed by atoms with van der Waals surface area (Å²) in [6.07, 6.45) is 6.35. The first-order valence-corrected chi connectivity index (χ1v) is 8.43. The van der Waals surface area contributed by atoms with Gasteiger partial charge in [-0.2, -0.15) is 0 Å². The van der Waals surface area contributed by atoms with Crippen LogP contribution in [0.2, 0.25) is 0 Å². The topological polar surface area (TPSA) is 81.9 Å². The smallest absolute Gasteiger partial charge is 0.258 e. The second-order valence-corrected chi connectivity index (χ2v) is 5.89. The third-order valence-electron chi connectivity index (χ3n) is 3.91. The molecule has 0 atom stereocenters. The molecule has 2 aromatic heterocycles. The van der Waals surface area contributed by atoms with E-state index in [2.05, 4.69) is 20.3 Å². The first kappa shape index (κ1) is 18.2. The average molecular weight is 393 g/mol. The number of halogens is 2. The number of imidazole rings is 1. The van der Waals surface area contributed by atoms with Crippen LogP contribution in [0.3, 0.4) is 0 Å². The summed E-state index contributed by atoms with van der Waals surface area (Å²) < 4.78 is 34.1. The number of anilines is 1. The van der Waals surface area contributed by atoms with Crippen molar-refractivity contribution in [1.29, 1.82) is 0 Å². The maximum atomic E-state index is 13.7. The fraction of sp³-hybridized carbons (Fsp3) is 0. The summed E-state index contributed by atoms with van der Waals surface area (Å²) in [5.74, 6) is -0.962. The molecule has 0 spiro atoms. The van der Waals surface area contributed by atoms with Crippen LogP contribution in [-0.2, 0) is 0 Å². The predicted molar refractivity (Wildman–Crippen MR) is 100.0 cm³/mol. The number of carbonyl (C=O) groups excluding carboxylic acids is 1. The molecule has 1 amide bonds. The number of benzene rings is 2. The van der Waals surface area contributed by atoms with E-state index in [0.717, 1.165) is 12.1 Å². The molecule has 0 aliphatic carbocycles. The van der Waals surface area contributed by atoms with Gasteiger partial charge in [0.25, 0.3) is 5.91 Å². The molecule has 0 fully saturated rings. The Kier molecular flexibility index (Phi) is 4.93.